The van der Waals surface area contributed by atoms with Crippen molar-refractivity contribution in [3.05, 3.63) is 29.3 Å². The van der Waals surface area contributed by atoms with E-state index in [0.717, 1.165) is 31.9 Å². The Labute approximate surface area is 134 Å². The van der Waals surface area contributed by atoms with E-state index < -0.39 is 6.10 Å². The lowest BCUT2D eigenvalue weighted by Gasteiger charge is -2.37. The molecule has 2 rings (SSSR count). The molecule has 1 heterocycles. The molecule has 0 saturated carbocycles. The zero-order chi connectivity index (χ0) is 16.1. The monoisotopic (exact) mass is 306 g/mol. The lowest BCUT2D eigenvalue weighted by Crippen LogP contribution is -2.51. The number of rotatable bonds is 6. The molecule has 4 heteroatoms. The number of nitrogens with zero attached hydrogens (tertiary/aromatic N) is 2. The van der Waals surface area contributed by atoms with Crippen LogP contribution >= 0.6 is 0 Å². The number of piperazine rings is 1. The van der Waals surface area contributed by atoms with Crippen molar-refractivity contribution in [2.45, 2.75) is 39.8 Å². The van der Waals surface area contributed by atoms with Crippen LogP contribution in [-0.2, 0) is 0 Å². The molecule has 0 amide bonds. The molecule has 0 aromatic heterocycles. The highest BCUT2D eigenvalue weighted by molar-refractivity contribution is 5.32. The van der Waals surface area contributed by atoms with E-state index >= 15 is 0 Å². The Hall–Kier alpha value is -1.10. The average Bonchev–Trinajstić information content (AvgIpc) is 2.45. The largest absolute Gasteiger partial charge is 0.491 e. The van der Waals surface area contributed by atoms with Gasteiger partial charge >= 0.3 is 0 Å². The van der Waals surface area contributed by atoms with Gasteiger partial charge in [0.25, 0.3) is 0 Å². The topological polar surface area (TPSA) is 35.9 Å². The molecule has 0 spiro atoms. The molecule has 1 saturated heterocycles. The van der Waals surface area contributed by atoms with Crippen molar-refractivity contribution in [1.82, 2.24) is 9.80 Å². The Kier molecular flexibility index (Phi) is 6.24. The minimum absolute atomic E-state index is 0.354. The summed E-state index contributed by atoms with van der Waals surface area (Å²) in [6.45, 7) is 13.9. The molecule has 4 nitrogen and oxygen atoms in total. The van der Waals surface area contributed by atoms with Crippen LogP contribution in [0.25, 0.3) is 0 Å². The van der Waals surface area contributed by atoms with Gasteiger partial charge in [0.2, 0.25) is 0 Å². The van der Waals surface area contributed by atoms with E-state index in [4.69, 9.17) is 4.74 Å². The zero-order valence-corrected chi connectivity index (χ0v) is 14.4. The molecule has 1 aromatic carbocycles. The molecule has 124 valence electrons. The number of aliphatic hydroxyl groups is 1. The van der Waals surface area contributed by atoms with E-state index in [-0.39, 0.29) is 0 Å². The number of benzene rings is 1. The smallest absolute Gasteiger partial charge is 0.119 e. The zero-order valence-electron chi connectivity index (χ0n) is 14.4. The predicted octanol–water partition coefficient (Wildman–Crippen LogP) is 2.07. The molecule has 1 N–H and O–H groups in total. The Morgan fingerprint density at radius 3 is 2.18 bits per heavy atom. The summed E-state index contributed by atoms with van der Waals surface area (Å²) in [4.78, 5) is 4.81. The minimum atomic E-state index is -0.439. The number of hydrogen-bond donors (Lipinski definition) is 1. The van der Waals surface area contributed by atoms with Gasteiger partial charge in [0.05, 0.1) is 0 Å². The van der Waals surface area contributed by atoms with E-state index in [1.165, 1.54) is 11.1 Å². The first-order valence-electron chi connectivity index (χ1n) is 8.29. The van der Waals surface area contributed by atoms with Crippen LogP contribution in [0.1, 0.15) is 25.0 Å². The van der Waals surface area contributed by atoms with Gasteiger partial charge in [-0.15, -0.1) is 0 Å². The van der Waals surface area contributed by atoms with Gasteiger partial charge in [-0.3, -0.25) is 9.80 Å². The molecular weight excluding hydrogens is 276 g/mol. The molecule has 1 aliphatic rings. The summed E-state index contributed by atoms with van der Waals surface area (Å²) in [6.07, 6.45) is -0.439. The summed E-state index contributed by atoms with van der Waals surface area (Å²) >= 11 is 0. The van der Waals surface area contributed by atoms with Crippen molar-refractivity contribution >= 4 is 0 Å². The normalized spacial score (nSPS) is 18.6. The minimum Gasteiger partial charge on any atom is -0.491 e. The fourth-order valence-electron chi connectivity index (χ4n) is 3.02. The second-order valence-electron chi connectivity index (χ2n) is 6.72. The second kappa shape index (κ2) is 7.95. The number of β-amino-alcohol motifs (C(OH)–C–C–N with tert-alkyl or cyclic N) is 1. The molecule has 1 fully saturated rings. The van der Waals surface area contributed by atoms with Crippen molar-refractivity contribution in [2.24, 2.45) is 0 Å². The van der Waals surface area contributed by atoms with Gasteiger partial charge in [0.1, 0.15) is 18.5 Å². The van der Waals surface area contributed by atoms with E-state index in [1.807, 2.05) is 12.1 Å². The summed E-state index contributed by atoms with van der Waals surface area (Å²) < 4.78 is 5.74. The molecule has 22 heavy (non-hydrogen) atoms. The SMILES string of the molecule is Cc1cc(C)cc(OCC(O)CN2CCN(C(C)C)CC2)c1. The van der Waals surface area contributed by atoms with Crippen LogP contribution in [-0.4, -0.2) is 66.4 Å². The van der Waals surface area contributed by atoms with Crippen LogP contribution < -0.4 is 4.74 Å². The number of ether oxygens (including phenoxy) is 1. The average molecular weight is 306 g/mol. The highest BCUT2D eigenvalue weighted by atomic mass is 16.5. The maximum Gasteiger partial charge on any atom is 0.119 e. The maximum absolute atomic E-state index is 10.2. The van der Waals surface area contributed by atoms with Gasteiger partial charge in [0, 0.05) is 38.8 Å². The summed E-state index contributed by atoms with van der Waals surface area (Å²) in [5.41, 5.74) is 2.38. The maximum atomic E-state index is 10.2. The summed E-state index contributed by atoms with van der Waals surface area (Å²) in [7, 11) is 0. The van der Waals surface area contributed by atoms with Crippen molar-refractivity contribution in [1.29, 1.82) is 0 Å². The van der Waals surface area contributed by atoms with Gasteiger partial charge in [-0.1, -0.05) is 6.07 Å². The van der Waals surface area contributed by atoms with Crippen molar-refractivity contribution in [3.63, 3.8) is 0 Å². The molecule has 0 radical (unpaired) electrons. The first-order valence-corrected chi connectivity index (χ1v) is 8.29. The molecule has 0 bridgehead atoms. The van der Waals surface area contributed by atoms with Crippen molar-refractivity contribution in [2.75, 3.05) is 39.3 Å². The van der Waals surface area contributed by atoms with Crippen molar-refractivity contribution in [3.8, 4) is 5.75 Å². The Morgan fingerprint density at radius 1 is 1.05 bits per heavy atom. The third kappa shape index (κ3) is 5.27. The number of aryl methyl sites for hydroxylation is 2. The Bertz CT molecular complexity index is 448. The molecule has 1 aliphatic heterocycles. The van der Waals surface area contributed by atoms with E-state index in [1.54, 1.807) is 0 Å². The predicted molar refractivity (Wildman–Crippen MR) is 90.6 cm³/mol. The highest BCUT2D eigenvalue weighted by Gasteiger charge is 2.20. The van der Waals surface area contributed by atoms with Crippen LogP contribution in [0.3, 0.4) is 0 Å². The van der Waals surface area contributed by atoms with Crippen LogP contribution in [0, 0.1) is 13.8 Å². The summed E-state index contributed by atoms with van der Waals surface area (Å²) in [5.74, 6) is 0.848. The van der Waals surface area contributed by atoms with Crippen LogP contribution in [0.5, 0.6) is 5.75 Å². The summed E-state index contributed by atoms with van der Waals surface area (Å²) in [5, 5.41) is 10.2. The third-order valence-electron chi connectivity index (χ3n) is 4.24. The van der Waals surface area contributed by atoms with Gasteiger partial charge in [-0.25, -0.2) is 0 Å². The molecule has 0 aliphatic carbocycles. The van der Waals surface area contributed by atoms with Crippen molar-refractivity contribution < 1.29 is 9.84 Å². The highest BCUT2D eigenvalue weighted by Crippen LogP contribution is 2.16. The molecular formula is C18H30N2O2. The van der Waals surface area contributed by atoms with Gasteiger partial charge in [-0.2, -0.15) is 0 Å². The Morgan fingerprint density at radius 2 is 1.64 bits per heavy atom. The standard InChI is InChI=1S/C18H30N2O2/c1-14(2)20-7-5-19(6-8-20)12-17(21)13-22-18-10-15(3)9-16(4)11-18/h9-11,14,17,21H,5-8,12-13H2,1-4H3. The van der Waals surface area contributed by atoms with E-state index in [9.17, 15) is 5.11 Å². The quantitative estimate of drug-likeness (QED) is 0.873. The van der Waals surface area contributed by atoms with Gasteiger partial charge in [-0.05, 0) is 51.0 Å². The first-order chi connectivity index (χ1) is 10.4. The summed E-state index contributed by atoms with van der Waals surface area (Å²) in [6, 6.07) is 6.76. The lowest BCUT2D eigenvalue weighted by atomic mass is 10.1. The van der Waals surface area contributed by atoms with E-state index in [0.29, 0.717) is 19.2 Å². The first kappa shape index (κ1) is 17.3. The van der Waals surface area contributed by atoms with Crippen LogP contribution in [0.15, 0.2) is 18.2 Å². The number of aliphatic hydroxyl groups excluding tert-OH is 1. The molecule has 1 aromatic rings. The van der Waals surface area contributed by atoms with Gasteiger partial charge < -0.3 is 9.84 Å². The lowest BCUT2D eigenvalue weighted by molar-refractivity contribution is 0.0400. The van der Waals surface area contributed by atoms with Crippen LogP contribution in [0.2, 0.25) is 0 Å². The molecule has 1 unspecified atom stereocenters. The second-order valence-corrected chi connectivity index (χ2v) is 6.72. The third-order valence-corrected chi connectivity index (χ3v) is 4.24. The van der Waals surface area contributed by atoms with E-state index in [2.05, 4.69) is 43.6 Å². The molecule has 1 atom stereocenters. The fourth-order valence-corrected chi connectivity index (χ4v) is 3.02. The number of hydrogen-bond acceptors (Lipinski definition) is 4. The fraction of sp³-hybridized carbons (Fsp3) is 0.667. The van der Waals surface area contributed by atoms with Gasteiger partial charge in [0.15, 0.2) is 0 Å². The Balaban J connectivity index is 1.73. The van der Waals surface area contributed by atoms with Crippen LogP contribution in [0.4, 0.5) is 0 Å².